The Morgan fingerprint density at radius 3 is 2.64 bits per heavy atom. The molecular formula is C12H20NO+. The van der Waals surface area contributed by atoms with Crippen molar-refractivity contribution in [2.75, 3.05) is 13.2 Å². The number of hydrogen-bond donors (Lipinski definition) is 1. The third-order valence-electron chi connectivity index (χ3n) is 2.28. The van der Waals surface area contributed by atoms with E-state index in [4.69, 9.17) is 4.74 Å². The molecule has 0 amide bonds. The van der Waals surface area contributed by atoms with Crippen molar-refractivity contribution in [2.24, 2.45) is 0 Å². The van der Waals surface area contributed by atoms with Crippen molar-refractivity contribution in [1.82, 2.24) is 0 Å². The van der Waals surface area contributed by atoms with Gasteiger partial charge in [0, 0.05) is 0 Å². The van der Waals surface area contributed by atoms with E-state index in [2.05, 4.69) is 44.7 Å². The fourth-order valence-electron chi connectivity index (χ4n) is 1.31. The van der Waals surface area contributed by atoms with E-state index in [-0.39, 0.29) is 0 Å². The van der Waals surface area contributed by atoms with E-state index in [1.165, 1.54) is 11.1 Å². The van der Waals surface area contributed by atoms with Gasteiger partial charge < -0.3 is 10.5 Å². The Balaban J connectivity index is 2.85. The highest BCUT2D eigenvalue weighted by Gasteiger charge is 2.04. The lowest BCUT2D eigenvalue weighted by Gasteiger charge is -2.11. The minimum absolute atomic E-state index is 0.553. The maximum atomic E-state index is 5.61. The van der Waals surface area contributed by atoms with E-state index in [1.54, 1.807) is 0 Å². The fraction of sp³-hybridized carbons (Fsp3) is 0.500. The van der Waals surface area contributed by atoms with Crippen LogP contribution in [0.25, 0.3) is 0 Å². The summed E-state index contributed by atoms with van der Waals surface area (Å²) in [6.45, 7) is 7.96. The van der Waals surface area contributed by atoms with Crippen LogP contribution in [0.4, 0.5) is 0 Å². The topological polar surface area (TPSA) is 36.9 Å². The van der Waals surface area contributed by atoms with Gasteiger partial charge >= 0.3 is 0 Å². The number of quaternary nitrogens is 1. The van der Waals surface area contributed by atoms with Crippen molar-refractivity contribution in [3.05, 3.63) is 29.3 Å². The van der Waals surface area contributed by atoms with E-state index in [0.717, 1.165) is 12.3 Å². The van der Waals surface area contributed by atoms with Gasteiger partial charge in [-0.2, -0.15) is 0 Å². The first kappa shape index (κ1) is 11.1. The summed E-state index contributed by atoms with van der Waals surface area (Å²) in [7, 11) is 0. The molecule has 1 aromatic carbocycles. The maximum Gasteiger partial charge on any atom is 0.137 e. The molecule has 0 unspecified atom stereocenters. The highest BCUT2D eigenvalue weighted by Crippen LogP contribution is 2.23. The van der Waals surface area contributed by atoms with E-state index in [1.807, 2.05) is 0 Å². The van der Waals surface area contributed by atoms with Gasteiger partial charge in [0.1, 0.15) is 18.9 Å². The number of ether oxygens (including phenoxy) is 1. The van der Waals surface area contributed by atoms with Crippen molar-refractivity contribution < 1.29 is 10.5 Å². The summed E-state index contributed by atoms with van der Waals surface area (Å²) in [6.07, 6.45) is 0. The second-order valence-corrected chi connectivity index (χ2v) is 3.88. The molecule has 0 radical (unpaired) electrons. The van der Waals surface area contributed by atoms with Crippen LogP contribution in [0.1, 0.15) is 30.9 Å². The Kier molecular flexibility index (Phi) is 3.96. The molecule has 0 heterocycles. The van der Waals surface area contributed by atoms with Crippen LogP contribution in [0.15, 0.2) is 18.2 Å². The Bertz CT molecular complexity index is 294. The lowest BCUT2D eigenvalue weighted by molar-refractivity contribution is -0.370. The van der Waals surface area contributed by atoms with Gasteiger partial charge in [-0.1, -0.05) is 26.0 Å². The van der Waals surface area contributed by atoms with Crippen molar-refractivity contribution in [2.45, 2.75) is 26.7 Å². The van der Waals surface area contributed by atoms with Crippen LogP contribution < -0.4 is 10.5 Å². The zero-order valence-corrected chi connectivity index (χ0v) is 9.34. The third kappa shape index (κ3) is 2.74. The van der Waals surface area contributed by atoms with E-state index in [9.17, 15) is 0 Å². The molecule has 0 aliphatic rings. The van der Waals surface area contributed by atoms with E-state index < -0.39 is 0 Å². The monoisotopic (exact) mass is 194 g/mol. The van der Waals surface area contributed by atoms with Crippen molar-refractivity contribution in [3.8, 4) is 5.75 Å². The van der Waals surface area contributed by atoms with Gasteiger partial charge in [-0.05, 0) is 30.0 Å². The minimum atomic E-state index is 0.553. The smallest absolute Gasteiger partial charge is 0.137 e. The van der Waals surface area contributed by atoms with Crippen LogP contribution in [-0.4, -0.2) is 13.2 Å². The predicted octanol–water partition coefficient (Wildman–Crippen LogP) is 1.74. The second-order valence-electron chi connectivity index (χ2n) is 3.88. The molecule has 14 heavy (non-hydrogen) atoms. The summed E-state index contributed by atoms with van der Waals surface area (Å²) in [4.78, 5) is 0. The quantitative estimate of drug-likeness (QED) is 0.778. The molecule has 0 aliphatic heterocycles. The van der Waals surface area contributed by atoms with Gasteiger partial charge in [0.05, 0.1) is 0 Å². The molecule has 3 N–H and O–H groups in total. The number of aryl methyl sites for hydroxylation is 1. The van der Waals surface area contributed by atoms with Crippen LogP contribution >= 0.6 is 0 Å². The minimum Gasteiger partial charge on any atom is -0.487 e. The van der Waals surface area contributed by atoms with Crippen molar-refractivity contribution in [3.63, 3.8) is 0 Å². The van der Waals surface area contributed by atoms with E-state index in [0.29, 0.717) is 12.5 Å². The van der Waals surface area contributed by atoms with Crippen LogP contribution in [0, 0.1) is 6.92 Å². The van der Waals surface area contributed by atoms with Crippen LogP contribution in [-0.2, 0) is 0 Å². The molecule has 1 rings (SSSR count). The van der Waals surface area contributed by atoms with Gasteiger partial charge in [0.25, 0.3) is 0 Å². The van der Waals surface area contributed by atoms with Gasteiger partial charge in [-0.15, -0.1) is 0 Å². The molecule has 0 saturated heterocycles. The second kappa shape index (κ2) is 5.01. The molecule has 0 atom stereocenters. The molecule has 0 spiro atoms. The standard InChI is InChI=1S/C12H19NO/c1-9(2)11-5-4-10(3)12(8-11)14-7-6-13/h4-5,8-9H,6-7,13H2,1-3H3/p+1. The highest BCUT2D eigenvalue weighted by molar-refractivity contribution is 5.37. The zero-order valence-electron chi connectivity index (χ0n) is 9.34. The Labute approximate surface area is 86.1 Å². The Morgan fingerprint density at radius 1 is 1.36 bits per heavy atom. The summed E-state index contributed by atoms with van der Waals surface area (Å²) in [5.41, 5.74) is 6.29. The average molecular weight is 194 g/mol. The molecule has 0 saturated carbocycles. The number of hydrogen-bond acceptors (Lipinski definition) is 1. The summed E-state index contributed by atoms with van der Waals surface area (Å²) >= 11 is 0. The Hall–Kier alpha value is -1.02. The van der Waals surface area contributed by atoms with Crippen molar-refractivity contribution in [1.29, 1.82) is 0 Å². The van der Waals surface area contributed by atoms with Gasteiger partial charge in [0.2, 0.25) is 0 Å². The lowest BCUT2D eigenvalue weighted by Crippen LogP contribution is -2.52. The van der Waals surface area contributed by atoms with Gasteiger partial charge in [0.15, 0.2) is 0 Å². The molecule has 78 valence electrons. The van der Waals surface area contributed by atoms with Crippen LogP contribution in [0.5, 0.6) is 5.75 Å². The lowest BCUT2D eigenvalue weighted by atomic mass is 10.0. The maximum absolute atomic E-state index is 5.61. The van der Waals surface area contributed by atoms with Crippen molar-refractivity contribution >= 4 is 0 Å². The van der Waals surface area contributed by atoms with Crippen LogP contribution in [0.3, 0.4) is 0 Å². The highest BCUT2D eigenvalue weighted by atomic mass is 16.5. The third-order valence-corrected chi connectivity index (χ3v) is 2.28. The molecule has 0 aromatic heterocycles. The largest absolute Gasteiger partial charge is 0.487 e. The zero-order chi connectivity index (χ0) is 10.6. The SMILES string of the molecule is Cc1ccc(C(C)C)cc1OCC[NH3+]. The number of rotatable bonds is 4. The van der Waals surface area contributed by atoms with Gasteiger partial charge in [-0.3, -0.25) is 0 Å². The van der Waals surface area contributed by atoms with Gasteiger partial charge in [-0.25, -0.2) is 0 Å². The first-order valence-electron chi connectivity index (χ1n) is 5.17. The molecule has 0 aliphatic carbocycles. The van der Waals surface area contributed by atoms with Crippen LogP contribution in [0.2, 0.25) is 0 Å². The summed E-state index contributed by atoms with van der Waals surface area (Å²) in [6, 6.07) is 6.42. The summed E-state index contributed by atoms with van der Waals surface area (Å²) < 4.78 is 5.61. The molecule has 0 fully saturated rings. The normalized spacial score (nSPS) is 10.6. The molecule has 2 heteroatoms. The molecule has 0 bridgehead atoms. The molecular weight excluding hydrogens is 174 g/mol. The molecule has 1 aromatic rings. The first-order valence-corrected chi connectivity index (χ1v) is 5.17. The fourth-order valence-corrected chi connectivity index (χ4v) is 1.31. The average Bonchev–Trinajstić information content (AvgIpc) is 2.16. The van der Waals surface area contributed by atoms with E-state index >= 15 is 0 Å². The molecule has 2 nitrogen and oxygen atoms in total. The Morgan fingerprint density at radius 2 is 2.07 bits per heavy atom. The number of benzene rings is 1. The summed E-state index contributed by atoms with van der Waals surface area (Å²) in [5.74, 6) is 1.55. The summed E-state index contributed by atoms with van der Waals surface area (Å²) in [5, 5.41) is 0. The predicted molar refractivity (Wildman–Crippen MR) is 58.5 cm³/mol. The first-order chi connectivity index (χ1) is 6.65.